The first-order valence-electron chi connectivity index (χ1n) is 6.52. The Hall–Kier alpha value is -0.900. The zero-order valence-electron chi connectivity index (χ0n) is 10.9. The fraction of sp³-hybridized carbons (Fsp3) is 0.846. The highest BCUT2D eigenvalue weighted by Gasteiger charge is 2.72. The van der Waals surface area contributed by atoms with Crippen LogP contribution in [0.1, 0.15) is 40.0 Å². The molecule has 2 amide bonds. The Balaban J connectivity index is 1.85. The fourth-order valence-electron chi connectivity index (χ4n) is 2.94. The molecule has 1 saturated carbocycles. The van der Waals surface area contributed by atoms with Crippen LogP contribution in [-0.2, 0) is 9.59 Å². The summed E-state index contributed by atoms with van der Waals surface area (Å²) in [6.07, 6.45) is 2.65. The maximum Gasteiger partial charge on any atom is 0.233 e. The highest BCUT2D eigenvalue weighted by molar-refractivity contribution is 6.10. The third kappa shape index (κ3) is 1.88. The molecule has 96 valence electrons. The Kier molecular flexibility index (Phi) is 3.02. The predicted molar refractivity (Wildman–Crippen MR) is 65.0 cm³/mol. The standard InChI is InChI=1S/C13H22N2O2/c1-4-8(14)6-5-7-15-11(16)9-10(12(15)17)13(9,2)3/h8-10H,4-7,14H2,1-3H3. The molecule has 3 unspecified atom stereocenters. The number of likely N-dealkylation sites (tertiary alicyclic amines) is 1. The van der Waals surface area contributed by atoms with Crippen molar-refractivity contribution in [2.24, 2.45) is 23.0 Å². The third-order valence-corrected chi connectivity index (χ3v) is 4.37. The Bertz CT molecular complexity index is 327. The number of carbonyl (C=O) groups excluding carboxylic acids is 2. The number of piperidine rings is 1. The first-order chi connectivity index (χ1) is 7.91. The molecule has 0 aromatic heterocycles. The summed E-state index contributed by atoms with van der Waals surface area (Å²) >= 11 is 0. The van der Waals surface area contributed by atoms with Crippen LogP contribution in [-0.4, -0.2) is 29.3 Å². The topological polar surface area (TPSA) is 63.4 Å². The Morgan fingerprint density at radius 3 is 2.29 bits per heavy atom. The van der Waals surface area contributed by atoms with E-state index < -0.39 is 0 Å². The molecule has 0 aromatic carbocycles. The molecule has 1 heterocycles. The molecular weight excluding hydrogens is 216 g/mol. The second-order valence-corrected chi connectivity index (χ2v) is 5.92. The van der Waals surface area contributed by atoms with E-state index in [1.54, 1.807) is 0 Å². The first-order valence-corrected chi connectivity index (χ1v) is 6.52. The molecule has 0 aromatic rings. The minimum Gasteiger partial charge on any atom is -0.328 e. The summed E-state index contributed by atoms with van der Waals surface area (Å²) in [5.74, 6) is -0.0187. The average molecular weight is 238 g/mol. The normalized spacial score (nSPS) is 31.6. The lowest BCUT2D eigenvalue weighted by molar-refractivity contribution is -0.143. The number of imide groups is 1. The van der Waals surface area contributed by atoms with Gasteiger partial charge in [0.2, 0.25) is 11.8 Å². The van der Waals surface area contributed by atoms with Crippen molar-refractivity contribution < 1.29 is 9.59 Å². The van der Waals surface area contributed by atoms with Crippen molar-refractivity contribution in [2.45, 2.75) is 46.1 Å². The molecule has 4 heteroatoms. The van der Waals surface area contributed by atoms with Crippen molar-refractivity contribution in [2.75, 3.05) is 6.54 Å². The summed E-state index contributed by atoms with van der Waals surface area (Å²) in [6, 6.07) is 0.189. The Morgan fingerprint density at radius 1 is 1.29 bits per heavy atom. The molecule has 4 nitrogen and oxygen atoms in total. The molecule has 2 aliphatic rings. The molecule has 1 saturated heterocycles. The van der Waals surface area contributed by atoms with Gasteiger partial charge in [0.25, 0.3) is 0 Å². The highest BCUT2D eigenvalue weighted by atomic mass is 16.2. The van der Waals surface area contributed by atoms with Gasteiger partial charge in [-0.05, 0) is 24.7 Å². The van der Waals surface area contributed by atoms with Crippen LogP contribution in [0.15, 0.2) is 0 Å². The van der Waals surface area contributed by atoms with Gasteiger partial charge in [-0.25, -0.2) is 0 Å². The van der Waals surface area contributed by atoms with Gasteiger partial charge < -0.3 is 5.73 Å². The molecule has 1 aliphatic heterocycles. The molecule has 2 fully saturated rings. The van der Waals surface area contributed by atoms with Crippen LogP contribution in [0.5, 0.6) is 0 Å². The molecule has 2 N–H and O–H groups in total. The van der Waals surface area contributed by atoms with Crippen LogP contribution in [0.25, 0.3) is 0 Å². The number of nitrogens with zero attached hydrogens (tertiary/aromatic N) is 1. The van der Waals surface area contributed by atoms with E-state index in [4.69, 9.17) is 5.73 Å². The van der Waals surface area contributed by atoms with Gasteiger partial charge in [-0.3, -0.25) is 14.5 Å². The third-order valence-electron chi connectivity index (χ3n) is 4.37. The monoisotopic (exact) mass is 238 g/mol. The van der Waals surface area contributed by atoms with Gasteiger partial charge in [-0.15, -0.1) is 0 Å². The summed E-state index contributed by atoms with van der Waals surface area (Å²) in [4.78, 5) is 25.4. The van der Waals surface area contributed by atoms with Crippen molar-refractivity contribution in [1.82, 2.24) is 4.90 Å². The molecule has 17 heavy (non-hydrogen) atoms. The summed E-state index contributed by atoms with van der Waals surface area (Å²) in [7, 11) is 0. The zero-order valence-corrected chi connectivity index (χ0v) is 10.9. The lowest BCUT2D eigenvalue weighted by Crippen LogP contribution is -2.37. The molecule has 3 atom stereocenters. The van der Waals surface area contributed by atoms with Crippen molar-refractivity contribution in [3.05, 3.63) is 0 Å². The average Bonchev–Trinajstić information content (AvgIpc) is 2.74. The number of nitrogens with two attached hydrogens (primary N) is 1. The van der Waals surface area contributed by atoms with Gasteiger partial charge in [0, 0.05) is 12.6 Å². The van der Waals surface area contributed by atoms with Crippen molar-refractivity contribution in [1.29, 1.82) is 0 Å². The van der Waals surface area contributed by atoms with E-state index in [2.05, 4.69) is 6.92 Å². The quantitative estimate of drug-likeness (QED) is 0.731. The molecule has 0 radical (unpaired) electrons. The molecule has 0 spiro atoms. The maximum absolute atomic E-state index is 12.0. The smallest absolute Gasteiger partial charge is 0.233 e. The van der Waals surface area contributed by atoms with E-state index in [0.717, 1.165) is 19.3 Å². The number of hydrogen-bond donors (Lipinski definition) is 1. The van der Waals surface area contributed by atoms with Crippen molar-refractivity contribution >= 4 is 11.8 Å². The number of rotatable bonds is 5. The largest absolute Gasteiger partial charge is 0.328 e. The summed E-state index contributed by atoms with van der Waals surface area (Å²) in [5.41, 5.74) is 5.73. The number of fused-ring (bicyclic) bond motifs is 1. The van der Waals surface area contributed by atoms with Gasteiger partial charge in [-0.2, -0.15) is 0 Å². The summed E-state index contributed by atoms with van der Waals surface area (Å²) in [5, 5.41) is 0. The van der Waals surface area contributed by atoms with Crippen LogP contribution in [0.2, 0.25) is 0 Å². The van der Waals surface area contributed by atoms with Crippen molar-refractivity contribution in [3.63, 3.8) is 0 Å². The van der Waals surface area contributed by atoms with E-state index in [0.29, 0.717) is 6.54 Å². The number of hydrogen-bond acceptors (Lipinski definition) is 3. The summed E-state index contributed by atoms with van der Waals surface area (Å²) in [6.45, 7) is 6.61. The van der Waals surface area contributed by atoms with E-state index in [-0.39, 0.29) is 35.1 Å². The minimum absolute atomic E-state index is 0.0371. The van der Waals surface area contributed by atoms with Crippen molar-refractivity contribution in [3.8, 4) is 0 Å². The Labute approximate surface area is 103 Å². The molecular formula is C13H22N2O2. The lowest BCUT2D eigenvalue weighted by atomic mass is 10.0. The van der Waals surface area contributed by atoms with Gasteiger partial charge in [0.05, 0.1) is 11.8 Å². The van der Waals surface area contributed by atoms with Gasteiger partial charge in [-0.1, -0.05) is 20.8 Å². The minimum atomic E-state index is -0.0928. The molecule has 1 aliphatic carbocycles. The number of amides is 2. The molecule has 0 bridgehead atoms. The second kappa shape index (κ2) is 4.09. The fourth-order valence-corrected chi connectivity index (χ4v) is 2.94. The van der Waals surface area contributed by atoms with E-state index in [1.165, 1.54) is 4.90 Å². The first kappa shape index (κ1) is 12.6. The van der Waals surface area contributed by atoms with E-state index in [1.807, 2.05) is 13.8 Å². The van der Waals surface area contributed by atoms with Gasteiger partial charge in [0.15, 0.2) is 0 Å². The van der Waals surface area contributed by atoms with Crippen LogP contribution in [0, 0.1) is 17.3 Å². The van der Waals surface area contributed by atoms with E-state index in [9.17, 15) is 9.59 Å². The Morgan fingerprint density at radius 2 is 1.82 bits per heavy atom. The maximum atomic E-state index is 12.0. The lowest BCUT2D eigenvalue weighted by Gasteiger charge is -2.21. The van der Waals surface area contributed by atoms with Gasteiger partial charge >= 0.3 is 0 Å². The van der Waals surface area contributed by atoms with Crippen LogP contribution >= 0.6 is 0 Å². The van der Waals surface area contributed by atoms with Crippen LogP contribution in [0.4, 0.5) is 0 Å². The van der Waals surface area contributed by atoms with Crippen LogP contribution in [0.3, 0.4) is 0 Å². The highest BCUT2D eigenvalue weighted by Crippen LogP contribution is 2.63. The van der Waals surface area contributed by atoms with E-state index >= 15 is 0 Å². The van der Waals surface area contributed by atoms with Crippen LogP contribution < -0.4 is 5.73 Å². The summed E-state index contributed by atoms with van der Waals surface area (Å²) < 4.78 is 0. The SMILES string of the molecule is CCC(N)CCCN1C(=O)C2C(C1=O)C2(C)C. The second-order valence-electron chi connectivity index (χ2n) is 5.92. The number of carbonyl (C=O) groups is 2. The molecule has 2 rings (SSSR count). The van der Waals surface area contributed by atoms with Gasteiger partial charge in [0.1, 0.15) is 0 Å². The zero-order chi connectivity index (χ0) is 12.8. The predicted octanol–water partition coefficient (Wildman–Crippen LogP) is 1.14.